The van der Waals surface area contributed by atoms with E-state index in [9.17, 15) is 14.7 Å². The van der Waals surface area contributed by atoms with E-state index in [1.807, 2.05) is 12.1 Å². The van der Waals surface area contributed by atoms with Crippen LogP contribution in [0.25, 0.3) is 0 Å². The first kappa shape index (κ1) is 18.3. The van der Waals surface area contributed by atoms with E-state index in [2.05, 4.69) is 12.1 Å². The van der Waals surface area contributed by atoms with Crippen LogP contribution in [0.3, 0.4) is 0 Å². The van der Waals surface area contributed by atoms with Gasteiger partial charge in [-0.15, -0.1) is 0 Å². The molecule has 1 heterocycles. The van der Waals surface area contributed by atoms with Crippen LogP contribution in [0.15, 0.2) is 24.3 Å². The van der Waals surface area contributed by atoms with Gasteiger partial charge in [0.2, 0.25) is 5.91 Å². The summed E-state index contributed by atoms with van der Waals surface area (Å²) >= 11 is 0. The number of nitrogens with zero attached hydrogens (tertiary/aromatic N) is 1. The van der Waals surface area contributed by atoms with Gasteiger partial charge in [0.05, 0.1) is 12.5 Å². The van der Waals surface area contributed by atoms with Crippen LogP contribution < -0.4 is 4.74 Å². The van der Waals surface area contributed by atoms with Crippen LogP contribution in [0.4, 0.5) is 0 Å². The number of carboxylic acids is 1. The molecule has 0 aliphatic carbocycles. The van der Waals surface area contributed by atoms with Crippen molar-refractivity contribution in [2.45, 2.75) is 45.4 Å². The molecule has 1 fully saturated rings. The van der Waals surface area contributed by atoms with Crippen LogP contribution in [-0.4, -0.2) is 42.1 Å². The third-order valence-corrected chi connectivity index (χ3v) is 4.86. The van der Waals surface area contributed by atoms with E-state index in [0.717, 1.165) is 31.4 Å². The highest BCUT2D eigenvalue weighted by Gasteiger charge is 2.41. The summed E-state index contributed by atoms with van der Waals surface area (Å²) in [5, 5.41) is 9.21. The number of rotatable bonds is 8. The van der Waals surface area contributed by atoms with E-state index in [1.165, 1.54) is 5.56 Å². The molecule has 0 unspecified atom stereocenters. The Kier molecular flexibility index (Phi) is 6.23. The average Bonchev–Trinajstić information content (AvgIpc) is 2.99. The third kappa shape index (κ3) is 4.73. The number of unbranched alkanes of at least 4 members (excludes halogenated alkanes) is 2. The minimum atomic E-state index is -0.808. The SMILES string of the molecule is COc1ccc(CCCCCC(=O)N2CC[C@@](C)(C(=O)O)C2)cc1. The summed E-state index contributed by atoms with van der Waals surface area (Å²) in [5.41, 5.74) is 0.503. The molecule has 1 N–H and O–H groups in total. The molecule has 1 aliphatic heterocycles. The van der Waals surface area contributed by atoms with E-state index in [1.54, 1.807) is 18.9 Å². The highest BCUT2D eigenvalue weighted by molar-refractivity contribution is 5.80. The Morgan fingerprint density at radius 3 is 2.50 bits per heavy atom. The van der Waals surface area contributed by atoms with Crippen LogP contribution in [0.2, 0.25) is 0 Å². The number of hydrogen-bond donors (Lipinski definition) is 1. The maximum absolute atomic E-state index is 12.2. The molecular formula is C19H27NO4. The van der Waals surface area contributed by atoms with Crippen molar-refractivity contribution >= 4 is 11.9 Å². The van der Waals surface area contributed by atoms with Gasteiger partial charge in [0.25, 0.3) is 0 Å². The summed E-state index contributed by atoms with van der Waals surface area (Å²) in [7, 11) is 1.66. The van der Waals surface area contributed by atoms with Crippen molar-refractivity contribution in [2.24, 2.45) is 5.41 Å². The number of carboxylic acid groups (broad SMARTS) is 1. The van der Waals surface area contributed by atoms with Gasteiger partial charge < -0.3 is 14.7 Å². The van der Waals surface area contributed by atoms with Gasteiger partial charge in [-0.1, -0.05) is 18.6 Å². The molecular weight excluding hydrogens is 306 g/mol. The number of amides is 1. The van der Waals surface area contributed by atoms with Crippen LogP contribution in [0, 0.1) is 5.41 Å². The predicted molar refractivity (Wildman–Crippen MR) is 92.1 cm³/mol. The van der Waals surface area contributed by atoms with Gasteiger partial charge in [0.15, 0.2) is 0 Å². The third-order valence-electron chi connectivity index (χ3n) is 4.86. The quantitative estimate of drug-likeness (QED) is 0.742. The highest BCUT2D eigenvalue weighted by Crippen LogP contribution is 2.30. The average molecular weight is 333 g/mol. The number of methoxy groups -OCH3 is 1. The molecule has 1 amide bonds. The lowest BCUT2D eigenvalue weighted by Crippen LogP contribution is -2.34. The van der Waals surface area contributed by atoms with Gasteiger partial charge in [0.1, 0.15) is 5.75 Å². The predicted octanol–water partition coefficient (Wildman–Crippen LogP) is 3.12. The molecule has 132 valence electrons. The number of aryl methyl sites for hydroxylation is 1. The van der Waals surface area contributed by atoms with E-state index in [4.69, 9.17) is 4.74 Å². The first-order valence-corrected chi connectivity index (χ1v) is 8.59. The largest absolute Gasteiger partial charge is 0.497 e. The summed E-state index contributed by atoms with van der Waals surface area (Å²) in [6.45, 7) is 2.62. The summed E-state index contributed by atoms with van der Waals surface area (Å²) in [5.74, 6) is 0.144. The second-order valence-electron chi connectivity index (χ2n) is 6.84. The smallest absolute Gasteiger partial charge is 0.311 e. The van der Waals surface area contributed by atoms with E-state index in [0.29, 0.717) is 25.9 Å². The fourth-order valence-corrected chi connectivity index (χ4v) is 3.08. The molecule has 1 atom stereocenters. The summed E-state index contributed by atoms with van der Waals surface area (Å²) < 4.78 is 5.14. The first-order valence-electron chi connectivity index (χ1n) is 8.59. The van der Waals surface area contributed by atoms with Crippen LogP contribution in [0.5, 0.6) is 5.75 Å². The zero-order valence-electron chi connectivity index (χ0n) is 14.6. The van der Waals surface area contributed by atoms with Crippen molar-refractivity contribution in [3.63, 3.8) is 0 Å². The molecule has 0 bridgehead atoms. The lowest BCUT2D eigenvalue weighted by atomic mass is 9.90. The number of carbonyl (C=O) groups is 2. The van der Waals surface area contributed by atoms with E-state index in [-0.39, 0.29) is 5.91 Å². The number of aliphatic carboxylic acids is 1. The van der Waals surface area contributed by atoms with Gasteiger partial charge >= 0.3 is 5.97 Å². The molecule has 1 aromatic carbocycles. The highest BCUT2D eigenvalue weighted by atomic mass is 16.5. The van der Waals surface area contributed by atoms with Crippen LogP contribution in [-0.2, 0) is 16.0 Å². The molecule has 5 heteroatoms. The van der Waals surface area contributed by atoms with Gasteiger partial charge in [-0.3, -0.25) is 9.59 Å². The van der Waals surface area contributed by atoms with E-state index >= 15 is 0 Å². The Bertz CT molecular complexity index is 569. The molecule has 1 aromatic rings. The van der Waals surface area contributed by atoms with Crippen LogP contribution >= 0.6 is 0 Å². The standard InChI is InChI=1S/C19H27NO4/c1-19(18(22)23)12-13-20(14-19)17(21)7-5-3-4-6-15-8-10-16(24-2)11-9-15/h8-11H,3-7,12-14H2,1-2H3,(H,22,23)/t19-/m1/s1. The van der Waals surface area contributed by atoms with Gasteiger partial charge in [-0.05, 0) is 50.3 Å². The first-order chi connectivity index (χ1) is 11.4. The molecule has 1 saturated heterocycles. The molecule has 0 spiro atoms. The number of carbonyl (C=O) groups excluding carboxylic acids is 1. The zero-order chi connectivity index (χ0) is 17.6. The summed E-state index contributed by atoms with van der Waals surface area (Å²) in [6, 6.07) is 8.07. The fourth-order valence-electron chi connectivity index (χ4n) is 3.08. The van der Waals surface area contributed by atoms with Gasteiger partial charge in [-0.25, -0.2) is 0 Å². The number of likely N-dealkylation sites (tertiary alicyclic amines) is 1. The maximum atomic E-state index is 12.2. The Balaban J connectivity index is 1.63. The lowest BCUT2D eigenvalue weighted by Gasteiger charge is -2.20. The second-order valence-corrected chi connectivity index (χ2v) is 6.84. The number of hydrogen-bond acceptors (Lipinski definition) is 3. The molecule has 24 heavy (non-hydrogen) atoms. The second kappa shape index (κ2) is 8.18. The minimum absolute atomic E-state index is 0.0874. The number of benzene rings is 1. The van der Waals surface area contributed by atoms with Crippen molar-refractivity contribution in [3.05, 3.63) is 29.8 Å². The molecule has 5 nitrogen and oxygen atoms in total. The van der Waals surface area contributed by atoms with Gasteiger partial charge in [0, 0.05) is 19.5 Å². The molecule has 0 saturated carbocycles. The lowest BCUT2D eigenvalue weighted by molar-refractivity contribution is -0.147. The molecule has 0 aromatic heterocycles. The Morgan fingerprint density at radius 1 is 1.21 bits per heavy atom. The zero-order valence-corrected chi connectivity index (χ0v) is 14.6. The summed E-state index contributed by atoms with van der Waals surface area (Å²) in [6.07, 6.45) is 4.96. The normalized spacial score (nSPS) is 20.2. The van der Waals surface area contributed by atoms with Crippen molar-refractivity contribution < 1.29 is 19.4 Å². The topological polar surface area (TPSA) is 66.8 Å². The van der Waals surface area contributed by atoms with Crippen molar-refractivity contribution in [2.75, 3.05) is 20.2 Å². The minimum Gasteiger partial charge on any atom is -0.497 e. The van der Waals surface area contributed by atoms with Crippen molar-refractivity contribution in [1.82, 2.24) is 4.90 Å². The number of ether oxygens (including phenoxy) is 1. The molecule has 0 radical (unpaired) electrons. The molecule has 2 rings (SSSR count). The Morgan fingerprint density at radius 2 is 1.92 bits per heavy atom. The molecule has 1 aliphatic rings. The van der Waals surface area contributed by atoms with Gasteiger partial charge in [-0.2, -0.15) is 0 Å². The Labute approximate surface area is 143 Å². The van der Waals surface area contributed by atoms with Crippen molar-refractivity contribution in [1.29, 1.82) is 0 Å². The monoisotopic (exact) mass is 333 g/mol. The fraction of sp³-hybridized carbons (Fsp3) is 0.579. The van der Waals surface area contributed by atoms with Crippen molar-refractivity contribution in [3.8, 4) is 5.75 Å². The summed E-state index contributed by atoms with van der Waals surface area (Å²) in [4.78, 5) is 25.1. The maximum Gasteiger partial charge on any atom is 0.311 e. The Hall–Kier alpha value is -2.04. The van der Waals surface area contributed by atoms with E-state index < -0.39 is 11.4 Å². The van der Waals surface area contributed by atoms with Crippen LogP contribution in [0.1, 0.15) is 44.6 Å².